The Bertz CT molecular complexity index is 686. The van der Waals surface area contributed by atoms with Gasteiger partial charge in [-0.05, 0) is 30.9 Å². The molecule has 2 atom stereocenters. The van der Waals surface area contributed by atoms with Gasteiger partial charge in [-0.2, -0.15) is 0 Å². The van der Waals surface area contributed by atoms with Crippen LogP contribution in [-0.2, 0) is 16.0 Å². The number of likely N-dealkylation sites (tertiary alicyclic amines) is 1. The van der Waals surface area contributed by atoms with Crippen molar-refractivity contribution in [3.05, 3.63) is 36.2 Å². The van der Waals surface area contributed by atoms with Gasteiger partial charge in [0.25, 0.3) is 0 Å². The van der Waals surface area contributed by atoms with Crippen LogP contribution in [0, 0.1) is 5.92 Å². The molecule has 1 aromatic heterocycles. The van der Waals surface area contributed by atoms with Gasteiger partial charge in [0.05, 0.1) is 6.10 Å². The Morgan fingerprint density at radius 2 is 2.12 bits per heavy atom. The highest BCUT2D eigenvalue weighted by Gasteiger charge is 2.28. The molecule has 3 rings (SSSR count). The number of hydrogen-bond donors (Lipinski definition) is 0. The summed E-state index contributed by atoms with van der Waals surface area (Å²) in [6, 6.07) is 9.69. The van der Waals surface area contributed by atoms with E-state index in [1.165, 1.54) is 0 Å². The first-order valence-corrected chi connectivity index (χ1v) is 8.85. The Labute approximate surface area is 148 Å². The van der Waals surface area contributed by atoms with Crippen LogP contribution in [0.3, 0.4) is 0 Å². The molecule has 1 aliphatic heterocycles. The van der Waals surface area contributed by atoms with E-state index < -0.39 is 0 Å². The van der Waals surface area contributed by atoms with E-state index in [1.807, 2.05) is 35.2 Å². The Balaban J connectivity index is 1.47. The number of aryl methyl sites for hydroxylation is 1. The van der Waals surface area contributed by atoms with Crippen LogP contribution in [0.15, 0.2) is 34.7 Å². The fourth-order valence-corrected chi connectivity index (χ4v) is 3.17. The molecule has 0 N–H and O–H groups in total. The van der Waals surface area contributed by atoms with E-state index in [2.05, 4.69) is 17.1 Å². The van der Waals surface area contributed by atoms with E-state index in [1.54, 1.807) is 7.11 Å². The number of nitrogens with zero attached hydrogens (tertiary/aromatic N) is 3. The van der Waals surface area contributed by atoms with Gasteiger partial charge in [-0.15, -0.1) is 10.2 Å². The third-order valence-electron chi connectivity index (χ3n) is 4.81. The third-order valence-corrected chi connectivity index (χ3v) is 4.81. The standard InChI is InChI=1S/C19H25N3O3/c1-14-11-12-22(13-16(14)24-2)18(23)10-6-9-17-20-21-19(25-17)15-7-4-3-5-8-15/h3-5,7-8,14,16H,6,9-13H2,1-2H3. The number of hydrogen-bond acceptors (Lipinski definition) is 5. The number of benzene rings is 1. The molecular weight excluding hydrogens is 318 g/mol. The van der Waals surface area contributed by atoms with Gasteiger partial charge in [-0.1, -0.05) is 25.1 Å². The molecule has 6 nitrogen and oxygen atoms in total. The van der Waals surface area contributed by atoms with E-state index in [9.17, 15) is 4.79 Å². The molecule has 0 bridgehead atoms. The topological polar surface area (TPSA) is 68.5 Å². The smallest absolute Gasteiger partial charge is 0.247 e. The van der Waals surface area contributed by atoms with Gasteiger partial charge in [0.15, 0.2) is 0 Å². The van der Waals surface area contributed by atoms with Gasteiger partial charge in [-0.25, -0.2) is 0 Å². The minimum atomic E-state index is 0.141. The van der Waals surface area contributed by atoms with Crippen molar-refractivity contribution in [3.8, 4) is 11.5 Å². The number of carbonyl (C=O) groups is 1. The largest absolute Gasteiger partial charge is 0.421 e. The quantitative estimate of drug-likeness (QED) is 0.806. The normalized spacial score (nSPS) is 20.6. The molecule has 1 aliphatic rings. The summed E-state index contributed by atoms with van der Waals surface area (Å²) in [5, 5.41) is 8.15. The third kappa shape index (κ3) is 4.45. The van der Waals surface area contributed by atoms with Crippen LogP contribution >= 0.6 is 0 Å². The molecule has 1 saturated heterocycles. The van der Waals surface area contributed by atoms with Crippen LogP contribution in [0.1, 0.15) is 32.1 Å². The van der Waals surface area contributed by atoms with Gasteiger partial charge < -0.3 is 14.1 Å². The van der Waals surface area contributed by atoms with Crippen molar-refractivity contribution >= 4 is 5.91 Å². The number of aromatic nitrogens is 2. The Morgan fingerprint density at radius 3 is 2.88 bits per heavy atom. The fourth-order valence-electron chi connectivity index (χ4n) is 3.17. The molecule has 2 aromatic rings. The molecule has 25 heavy (non-hydrogen) atoms. The average molecular weight is 343 g/mol. The Hall–Kier alpha value is -2.21. The minimum Gasteiger partial charge on any atom is -0.421 e. The van der Waals surface area contributed by atoms with Gasteiger partial charge in [0.1, 0.15) is 0 Å². The lowest BCUT2D eigenvalue weighted by Gasteiger charge is -2.36. The maximum Gasteiger partial charge on any atom is 0.247 e. The number of ether oxygens (including phenoxy) is 1. The maximum atomic E-state index is 12.4. The zero-order valence-electron chi connectivity index (χ0n) is 14.9. The number of rotatable bonds is 6. The first-order chi connectivity index (χ1) is 12.2. The van der Waals surface area contributed by atoms with Crippen LogP contribution in [0.5, 0.6) is 0 Å². The summed E-state index contributed by atoms with van der Waals surface area (Å²) < 4.78 is 11.2. The Morgan fingerprint density at radius 1 is 1.32 bits per heavy atom. The van der Waals surface area contributed by atoms with Gasteiger partial charge in [0.2, 0.25) is 17.7 Å². The summed E-state index contributed by atoms with van der Waals surface area (Å²) in [7, 11) is 1.72. The van der Waals surface area contributed by atoms with Crippen LogP contribution in [0.2, 0.25) is 0 Å². The fraction of sp³-hybridized carbons (Fsp3) is 0.526. The van der Waals surface area contributed by atoms with Crippen molar-refractivity contribution in [2.45, 2.75) is 38.7 Å². The predicted octanol–water partition coefficient (Wildman–Crippen LogP) is 2.94. The summed E-state index contributed by atoms with van der Waals surface area (Å²) in [6.45, 7) is 3.68. The van der Waals surface area contributed by atoms with Crippen LogP contribution < -0.4 is 0 Å². The lowest BCUT2D eigenvalue weighted by molar-refractivity contribution is -0.136. The van der Waals surface area contributed by atoms with Gasteiger partial charge in [0, 0.05) is 38.6 Å². The van der Waals surface area contributed by atoms with Crippen molar-refractivity contribution in [1.29, 1.82) is 0 Å². The second-order valence-electron chi connectivity index (χ2n) is 6.60. The second kappa shape index (κ2) is 8.25. The highest BCUT2D eigenvalue weighted by atomic mass is 16.5. The summed E-state index contributed by atoms with van der Waals surface area (Å²) in [5.74, 6) is 1.78. The molecule has 0 aliphatic carbocycles. The van der Waals surface area contributed by atoms with E-state index >= 15 is 0 Å². The molecule has 6 heteroatoms. The highest BCUT2D eigenvalue weighted by Crippen LogP contribution is 2.21. The summed E-state index contributed by atoms with van der Waals surface area (Å²) in [6.07, 6.45) is 2.95. The average Bonchev–Trinajstić information content (AvgIpc) is 3.11. The van der Waals surface area contributed by atoms with Crippen LogP contribution in [-0.4, -0.2) is 47.3 Å². The lowest BCUT2D eigenvalue weighted by atomic mass is 9.95. The van der Waals surface area contributed by atoms with Crippen molar-refractivity contribution in [2.75, 3.05) is 20.2 Å². The number of piperidine rings is 1. The molecule has 0 spiro atoms. The molecule has 1 aromatic carbocycles. The molecular formula is C19H25N3O3. The lowest BCUT2D eigenvalue weighted by Crippen LogP contribution is -2.46. The predicted molar refractivity (Wildman–Crippen MR) is 93.8 cm³/mol. The summed E-state index contributed by atoms with van der Waals surface area (Å²) in [4.78, 5) is 14.3. The van der Waals surface area contributed by atoms with E-state index in [0.29, 0.717) is 43.5 Å². The van der Waals surface area contributed by atoms with Crippen molar-refractivity contribution < 1.29 is 13.9 Å². The number of amides is 1. The molecule has 2 unspecified atom stereocenters. The van der Waals surface area contributed by atoms with Crippen molar-refractivity contribution in [2.24, 2.45) is 5.92 Å². The zero-order valence-corrected chi connectivity index (χ0v) is 14.9. The van der Waals surface area contributed by atoms with Crippen LogP contribution in [0.4, 0.5) is 0 Å². The minimum absolute atomic E-state index is 0.141. The SMILES string of the molecule is COC1CN(C(=O)CCCc2nnc(-c3ccccc3)o2)CCC1C. The van der Waals surface area contributed by atoms with Gasteiger partial charge >= 0.3 is 0 Å². The van der Waals surface area contributed by atoms with Crippen LogP contribution in [0.25, 0.3) is 11.5 Å². The van der Waals surface area contributed by atoms with E-state index in [-0.39, 0.29) is 12.0 Å². The van der Waals surface area contributed by atoms with Crippen molar-refractivity contribution in [1.82, 2.24) is 15.1 Å². The van der Waals surface area contributed by atoms with E-state index in [4.69, 9.17) is 9.15 Å². The number of methoxy groups -OCH3 is 1. The molecule has 1 amide bonds. The molecule has 0 saturated carbocycles. The van der Waals surface area contributed by atoms with Crippen molar-refractivity contribution in [3.63, 3.8) is 0 Å². The molecule has 0 radical (unpaired) electrons. The highest BCUT2D eigenvalue weighted by molar-refractivity contribution is 5.76. The first kappa shape index (κ1) is 17.6. The first-order valence-electron chi connectivity index (χ1n) is 8.85. The molecule has 2 heterocycles. The Kier molecular flexibility index (Phi) is 5.81. The molecule has 1 fully saturated rings. The summed E-state index contributed by atoms with van der Waals surface area (Å²) >= 11 is 0. The maximum absolute atomic E-state index is 12.4. The monoisotopic (exact) mass is 343 g/mol. The summed E-state index contributed by atoms with van der Waals surface area (Å²) in [5.41, 5.74) is 0.908. The van der Waals surface area contributed by atoms with E-state index in [0.717, 1.165) is 18.5 Å². The molecule has 134 valence electrons. The zero-order chi connectivity index (χ0) is 17.6. The van der Waals surface area contributed by atoms with Gasteiger partial charge in [-0.3, -0.25) is 4.79 Å². The number of carbonyl (C=O) groups excluding carboxylic acids is 1. The second-order valence-corrected chi connectivity index (χ2v) is 6.60.